The summed E-state index contributed by atoms with van der Waals surface area (Å²) >= 11 is 1.22. The first kappa shape index (κ1) is 22.4. The molecule has 1 aromatic heterocycles. The summed E-state index contributed by atoms with van der Waals surface area (Å²) in [6.45, 7) is 0.604. The monoisotopic (exact) mass is 478 g/mol. The molecular weight excluding hydrogens is 458 g/mol. The summed E-state index contributed by atoms with van der Waals surface area (Å²) in [6, 6.07) is 11.3. The number of carbonyl (C=O) groups excluding carboxylic acids is 1. The van der Waals surface area contributed by atoms with E-state index in [0.717, 1.165) is 6.07 Å². The molecule has 0 unspecified atom stereocenters. The highest BCUT2D eigenvalue weighted by Crippen LogP contribution is 2.23. The Balaban J connectivity index is 1.35. The van der Waals surface area contributed by atoms with Gasteiger partial charge in [0.15, 0.2) is 5.16 Å². The number of imidazole rings is 1. The molecule has 1 fully saturated rings. The Labute approximate surface area is 188 Å². The number of benzene rings is 2. The molecule has 0 saturated carbocycles. The second-order valence-corrected chi connectivity index (χ2v) is 9.91. The molecule has 168 valence electrons. The van der Waals surface area contributed by atoms with E-state index in [9.17, 15) is 22.0 Å². The zero-order chi connectivity index (χ0) is 22.7. The molecule has 3 aromatic rings. The molecule has 1 amide bonds. The van der Waals surface area contributed by atoms with Gasteiger partial charge in [0, 0.05) is 38.6 Å². The zero-order valence-corrected chi connectivity index (χ0v) is 18.5. The maximum atomic E-state index is 14.0. The quantitative estimate of drug-likeness (QED) is 0.510. The summed E-state index contributed by atoms with van der Waals surface area (Å²) in [7, 11) is -3.96. The minimum Gasteiger partial charge on any atom is -0.339 e. The second kappa shape index (κ2) is 9.39. The molecule has 0 radical (unpaired) electrons. The van der Waals surface area contributed by atoms with Crippen molar-refractivity contribution in [3.05, 3.63) is 72.6 Å². The van der Waals surface area contributed by atoms with Gasteiger partial charge in [-0.25, -0.2) is 22.2 Å². The van der Waals surface area contributed by atoms with Crippen LogP contribution in [0.2, 0.25) is 0 Å². The number of nitrogens with zero attached hydrogens (tertiary/aromatic N) is 4. The topological polar surface area (TPSA) is 75.5 Å². The third kappa shape index (κ3) is 4.69. The summed E-state index contributed by atoms with van der Waals surface area (Å²) in [4.78, 5) is 18.1. The second-order valence-electron chi connectivity index (χ2n) is 7.06. The van der Waals surface area contributed by atoms with E-state index in [-0.39, 0.29) is 48.6 Å². The number of amides is 1. The Hall–Kier alpha value is -2.76. The molecule has 4 rings (SSSR count). The Kier molecular flexibility index (Phi) is 6.58. The van der Waals surface area contributed by atoms with Crippen LogP contribution in [-0.4, -0.2) is 65.0 Å². The van der Waals surface area contributed by atoms with Crippen LogP contribution >= 0.6 is 11.8 Å². The van der Waals surface area contributed by atoms with Gasteiger partial charge in [0.25, 0.3) is 0 Å². The summed E-state index contributed by atoms with van der Waals surface area (Å²) in [6.07, 6.45) is 3.26. The standard InChI is InChI=1S/C21H20F2N4O3S2/c22-16-4-3-5-17(14-16)27-9-8-24-21(27)31-15-20(28)25-10-12-26(13-11-25)32(29,30)19-7-2-1-6-18(19)23/h1-9,14H,10-13,15H2. The molecule has 7 nitrogen and oxygen atoms in total. The van der Waals surface area contributed by atoms with Crippen LogP contribution in [0.1, 0.15) is 0 Å². The summed E-state index contributed by atoms with van der Waals surface area (Å²) in [5, 5.41) is 0.546. The molecule has 32 heavy (non-hydrogen) atoms. The van der Waals surface area contributed by atoms with Gasteiger partial charge in [0.2, 0.25) is 15.9 Å². The largest absolute Gasteiger partial charge is 0.339 e. The van der Waals surface area contributed by atoms with Gasteiger partial charge in [-0.15, -0.1) is 0 Å². The van der Waals surface area contributed by atoms with Crippen molar-refractivity contribution in [2.45, 2.75) is 10.1 Å². The third-order valence-electron chi connectivity index (χ3n) is 5.06. The van der Waals surface area contributed by atoms with E-state index in [2.05, 4.69) is 4.98 Å². The minimum atomic E-state index is -3.96. The van der Waals surface area contributed by atoms with Crippen molar-refractivity contribution in [1.82, 2.24) is 18.8 Å². The van der Waals surface area contributed by atoms with Crippen molar-refractivity contribution < 1.29 is 22.0 Å². The lowest BCUT2D eigenvalue weighted by atomic mass is 10.3. The lowest BCUT2D eigenvalue weighted by Crippen LogP contribution is -2.51. The number of aromatic nitrogens is 2. The van der Waals surface area contributed by atoms with E-state index < -0.39 is 15.8 Å². The van der Waals surface area contributed by atoms with Crippen LogP contribution in [0.4, 0.5) is 8.78 Å². The first-order valence-electron chi connectivity index (χ1n) is 9.81. The average Bonchev–Trinajstić information content (AvgIpc) is 3.26. The summed E-state index contributed by atoms with van der Waals surface area (Å²) in [5.74, 6) is -1.22. The van der Waals surface area contributed by atoms with Gasteiger partial charge >= 0.3 is 0 Å². The lowest BCUT2D eigenvalue weighted by Gasteiger charge is -2.34. The number of hydrogen-bond acceptors (Lipinski definition) is 5. The lowest BCUT2D eigenvalue weighted by molar-refractivity contribution is -0.129. The molecule has 0 aliphatic carbocycles. The molecule has 2 aromatic carbocycles. The molecule has 0 spiro atoms. The smallest absolute Gasteiger partial charge is 0.246 e. The fraction of sp³-hybridized carbons (Fsp3) is 0.238. The van der Waals surface area contributed by atoms with Gasteiger partial charge in [-0.2, -0.15) is 4.31 Å². The molecule has 1 aliphatic heterocycles. The highest BCUT2D eigenvalue weighted by Gasteiger charge is 2.31. The van der Waals surface area contributed by atoms with Crippen LogP contribution in [0.3, 0.4) is 0 Å². The van der Waals surface area contributed by atoms with Crippen LogP contribution in [0.5, 0.6) is 0 Å². The third-order valence-corrected chi connectivity index (χ3v) is 7.95. The predicted molar refractivity (Wildman–Crippen MR) is 116 cm³/mol. The van der Waals surface area contributed by atoms with Crippen molar-refractivity contribution in [2.75, 3.05) is 31.9 Å². The normalized spacial score (nSPS) is 15.1. The maximum absolute atomic E-state index is 14.0. The number of rotatable bonds is 6. The first-order chi connectivity index (χ1) is 15.4. The van der Waals surface area contributed by atoms with E-state index in [1.54, 1.807) is 34.0 Å². The SMILES string of the molecule is O=C(CSc1nccn1-c1cccc(F)c1)N1CCN(S(=O)(=O)c2ccccc2F)CC1. The Morgan fingerprint density at radius 1 is 1.03 bits per heavy atom. The van der Waals surface area contributed by atoms with Crippen LogP contribution < -0.4 is 0 Å². The van der Waals surface area contributed by atoms with Crippen LogP contribution in [0.25, 0.3) is 5.69 Å². The molecule has 1 aliphatic rings. The first-order valence-corrected chi connectivity index (χ1v) is 12.2. The number of carbonyl (C=O) groups is 1. The number of hydrogen-bond donors (Lipinski definition) is 0. The molecule has 0 bridgehead atoms. The van der Waals surface area contributed by atoms with Crippen molar-refractivity contribution in [3.63, 3.8) is 0 Å². The van der Waals surface area contributed by atoms with Crippen molar-refractivity contribution >= 4 is 27.7 Å². The highest BCUT2D eigenvalue weighted by molar-refractivity contribution is 7.99. The highest BCUT2D eigenvalue weighted by atomic mass is 32.2. The van der Waals surface area contributed by atoms with Gasteiger partial charge in [-0.1, -0.05) is 30.0 Å². The molecule has 11 heteroatoms. The Bertz CT molecular complexity index is 1230. The zero-order valence-electron chi connectivity index (χ0n) is 16.9. The number of sulfonamides is 1. The van der Waals surface area contributed by atoms with Crippen molar-refractivity contribution in [1.29, 1.82) is 0 Å². The van der Waals surface area contributed by atoms with Crippen molar-refractivity contribution in [3.8, 4) is 5.69 Å². The number of thioether (sulfide) groups is 1. The van der Waals surface area contributed by atoms with Gasteiger partial charge < -0.3 is 4.90 Å². The fourth-order valence-electron chi connectivity index (χ4n) is 3.41. The Morgan fingerprint density at radius 3 is 2.50 bits per heavy atom. The van der Waals surface area contributed by atoms with Gasteiger partial charge in [0.1, 0.15) is 16.5 Å². The maximum Gasteiger partial charge on any atom is 0.246 e. The average molecular weight is 479 g/mol. The summed E-state index contributed by atoms with van der Waals surface area (Å²) in [5.41, 5.74) is 0.601. The van der Waals surface area contributed by atoms with E-state index in [0.29, 0.717) is 10.8 Å². The van der Waals surface area contributed by atoms with E-state index in [1.165, 1.54) is 46.4 Å². The fourth-order valence-corrected chi connectivity index (χ4v) is 5.77. The van der Waals surface area contributed by atoms with Crippen LogP contribution in [-0.2, 0) is 14.8 Å². The molecule has 0 atom stereocenters. The predicted octanol–water partition coefficient (Wildman–Crippen LogP) is 2.78. The number of halogens is 2. The van der Waals surface area contributed by atoms with Crippen LogP contribution in [0, 0.1) is 11.6 Å². The molecule has 2 heterocycles. The van der Waals surface area contributed by atoms with Gasteiger partial charge in [-0.05, 0) is 30.3 Å². The van der Waals surface area contributed by atoms with Crippen molar-refractivity contribution in [2.24, 2.45) is 0 Å². The van der Waals surface area contributed by atoms with E-state index >= 15 is 0 Å². The van der Waals surface area contributed by atoms with Gasteiger partial charge in [0.05, 0.1) is 11.4 Å². The van der Waals surface area contributed by atoms with Crippen LogP contribution in [0.15, 0.2) is 71.0 Å². The minimum absolute atomic E-state index is 0.0883. The summed E-state index contributed by atoms with van der Waals surface area (Å²) < 4.78 is 55.8. The number of piperazine rings is 1. The molecule has 1 saturated heterocycles. The Morgan fingerprint density at radius 2 is 1.78 bits per heavy atom. The van der Waals surface area contributed by atoms with Gasteiger partial charge in [-0.3, -0.25) is 9.36 Å². The molecular formula is C21H20F2N4O3S2. The molecule has 0 N–H and O–H groups in total. The van der Waals surface area contributed by atoms with E-state index in [1.807, 2.05) is 0 Å². The van der Waals surface area contributed by atoms with E-state index in [4.69, 9.17) is 0 Å².